The van der Waals surface area contributed by atoms with Crippen LogP contribution in [0.2, 0.25) is 0 Å². The van der Waals surface area contributed by atoms with Crippen LogP contribution < -0.4 is 5.73 Å². The molecule has 1 amide bonds. The Balaban J connectivity index is 1.79. The second-order valence-electron chi connectivity index (χ2n) is 5.53. The third-order valence-corrected chi connectivity index (χ3v) is 4.70. The molecule has 2 atom stereocenters. The summed E-state index contributed by atoms with van der Waals surface area (Å²) in [5, 5.41) is 0. The Labute approximate surface area is 91.0 Å². The SMILES string of the molecule is NC[C@]12CCC[C@H]1N(C(=O)C1CC1)CC2. The van der Waals surface area contributed by atoms with Crippen molar-refractivity contribution in [2.24, 2.45) is 17.1 Å². The average molecular weight is 208 g/mol. The van der Waals surface area contributed by atoms with Gasteiger partial charge in [-0.2, -0.15) is 0 Å². The summed E-state index contributed by atoms with van der Waals surface area (Å²) in [5.41, 5.74) is 6.22. The summed E-state index contributed by atoms with van der Waals surface area (Å²) in [6.07, 6.45) is 7.08. The molecule has 1 saturated heterocycles. The summed E-state index contributed by atoms with van der Waals surface area (Å²) in [6.45, 7) is 1.74. The molecule has 0 unspecified atom stereocenters. The fourth-order valence-corrected chi connectivity index (χ4v) is 3.57. The highest BCUT2D eigenvalue weighted by atomic mass is 16.2. The summed E-state index contributed by atoms with van der Waals surface area (Å²) >= 11 is 0. The van der Waals surface area contributed by atoms with Crippen LogP contribution in [0.3, 0.4) is 0 Å². The molecule has 0 bridgehead atoms. The first kappa shape index (κ1) is 9.64. The minimum absolute atomic E-state index is 0.296. The average Bonchev–Trinajstić information content (AvgIpc) is 2.90. The minimum Gasteiger partial charge on any atom is -0.339 e. The lowest BCUT2D eigenvalue weighted by atomic mass is 9.82. The maximum absolute atomic E-state index is 12.1. The molecule has 0 aromatic heterocycles. The summed E-state index contributed by atoms with van der Waals surface area (Å²) < 4.78 is 0. The minimum atomic E-state index is 0.296. The summed E-state index contributed by atoms with van der Waals surface area (Å²) in [4.78, 5) is 14.3. The first-order valence-corrected chi connectivity index (χ1v) is 6.27. The molecule has 0 aromatic carbocycles. The Kier molecular flexibility index (Phi) is 2.06. The van der Waals surface area contributed by atoms with Crippen molar-refractivity contribution in [3.8, 4) is 0 Å². The van der Waals surface area contributed by atoms with E-state index in [0.29, 0.717) is 23.3 Å². The van der Waals surface area contributed by atoms with Crippen LogP contribution >= 0.6 is 0 Å². The fraction of sp³-hybridized carbons (Fsp3) is 0.917. The van der Waals surface area contributed by atoms with Crippen molar-refractivity contribution in [2.75, 3.05) is 13.1 Å². The quantitative estimate of drug-likeness (QED) is 0.739. The van der Waals surface area contributed by atoms with E-state index in [9.17, 15) is 4.79 Å². The van der Waals surface area contributed by atoms with Crippen molar-refractivity contribution in [3.63, 3.8) is 0 Å². The molecular weight excluding hydrogens is 188 g/mol. The highest BCUT2D eigenvalue weighted by Gasteiger charge is 2.52. The molecule has 3 rings (SSSR count). The zero-order chi connectivity index (χ0) is 10.5. The lowest BCUT2D eigenvalue weighted by Gasteiger charge is -2.31. The Morgan fingerprint density at radius 1 is 1.33 bits per heavy atom. The van der Waals surface area contributed by atoms with E-state index in [-0.39, 0.29) is 0 Å². The highest BCUT2D eigenvalue weighted by Crippen LogP contribution is 2.49. The van der Waals surface area contributed by atoms with E-state index in [0.717, 1.165) is 32.4 Å². The number of amides is 1. The van der Waals surface area contributed by atoms with E-state index < -0.39 is 0 Å². The van der Waals surface area contributed by atoms with Crippen LogP contribution in [0.5, 0.6) is 0 Å². The number of nitrogens with zero attached hydrogens (tertiary/aromatic N) is 1. The van der Waals surface area contributed by atoms with Crippen molar-refractivity contribution < 1.29 is 4.79 Å². The molecule has 0 spiro atoms. The summed E-state index contributed by atoms with van der Waals surface area (Å²) in [5.74, 6) is 0.802. The van der Waals surface area contributed by atoms with Crippen LogP contribution in [-0.2, 0) is 4.79 Å². The number of carbonyl (C=O) groups excluding carboxylic acids is 1. The molecule has 2 aliphatic carbocycles. The molecule has 84 valence electrons. The van der Waals surface area contributed by atoms with E-state index in [1.165, 1.54) is 19.3 Å². The maximum atomic E-state index is 12.1. The van der Waals surface area contributed by atoms with Crippen LogP contribution in [0.25, 0.3) is 0 Å². The van der Waals surface area contributed by atoms with Gasteiger partial charge in [-0.05, 0) is 38.6 Å². The van der Waals surface area contributed by atoms with Gasteiger partial charge in [0.1, 0.15) is 0 Å². The van der Waals surface area contributed by atoms with Crippen LogP contribution in [0.1, 0.15) is 38.5 Å². The number of likely N-dealkylation sites (tertiary alicyclic amines) is 1. The van der Waals surface area contributed by atoms with Crippen LogP contribution in [0.15, 0.2) is 0 Å². The third-order valence-electron chi connectivity index (χ3n) is 4.70. The third kappa shape index (κ3) is 1.32. The van der Waals surface area contributed by atoms with E-state index >= 15 is 0 Å². The van der Waals surface area contributed by atoms with Crippen LogP contribution in [-0.4, -0.2) is 29.9 Å². The number of fused-ring (bicyclic) bond motifs is 1. The van der Waals surface area contributed by atoms with Gasteiger partial charge in [-0.25, -0.2) is 0 Å². The van der Waals surface area contributed by atoms with Gasteiger partial charge < -0.3 is 10.6 Å². The van der Waals surface area contributed by atoms with Crippen molar-refractivity contribution >= 4 is 5.91 Å². The smallest absolute Gasteiger partial charge is 0.225 e. The molecular formula is C12H20N2O. The Morgan fingerprint density at radius 2 is 2.13 bits per heavy atom. The van der Waals surface area contributed by atoms with Crippen molar-refractivity contribution in [2.45, 2.75) is 44.6 Å². The van der Waals surface area contributed by atoms with Gasteiger partial charge in [-0.15, -0.1) is 0 Å². The lowest BCUT2D eigenvalue weighted by molar-refractivity contribution is -0.134. The lowest BCUT2D eigenvalue weighted by Crippen LogP contribution is -2.43. The largest absolute Gasteiger partial charge is 0.339 e. The second-order valence-corrected chi connectivity index (χ2v) is 5.53. The molecule has 0 aromatic rings. The molecule has 3 aliphatic rings. The number of rotatable bonds is 2. The standard InChI is InChI=1S/C12H20N2O/c13-8-12-5-1-2-10(12)14(7-6-12)11(15)9-3-4-9/h9-10H,1-8,13H2/t10-,12-/m1/s1. The predicted octanol–water partition coefficient (Wildman–Crippen LogP) is 1.13. The van der Waals surface area contributed by atoms with Gasteiger partial charge in [-0.1, -0.05) is 6.42 Å². The topological polar surface area (TPSA) is 46.3 Å². The molecule has 15 heavy (non-hydrogen) atoms. The van der Waals surface area contributed by atoms with Crippen LogP contribution in [0, 0.1) is 11.3 Å². The molecule has 3 fully saturated rings. The number of hydrogen-bond acceptors (Lipinski definition) is 2. The molecule has 2 N–H and O–H groups in total. The van der Waals surface area contributed by atoms with Gasteiger partial charge in [-0.3, -0.25) is 4.79 Å². The van der Waals surface area contributed by atoms with Gasteiger partial charge in [0.15, 0.2) is 0 Å². The van der Waals surface area contributed by atoms with E-state index in [1.807, 2.05) is 0 Å². The first-order valence-electron chi connectivity index (χ1n) is 6.27. The summed E-state index contributed by atoms with van der Waals surface area (Å²) in [6, 6.07) is 0.482. The van der Waals surface area contributed by atoms with Crippen LogP contribution in [0.4, 0.5) is 0 Å². The maximum Gasteiger partial charge on any atom is 0.225 e. The highest BCUT2D eigenvalue weighted by molar-refractivity contribution is 5.81. The molecule has 3 nitrogen and oxygen atoms in total. The Morgan fingerprint density at radius 3 is 2.80 bits per heavy atom. The fourth-order valence-electron chi connectivity index (χ4n) is 3.57. The van der Waals surface area contributed by atoms with Gasteiger partial charge in [0, 0.05) is 23.9 Å². The van der Waals surface area contributed by atoms with E-state index in [4.69, 9.17) is 5.73 Å². The van der Waals surface area contributed by atoms with Gasteiger partial charge in [0.05, 0.1) is 0 Å². The number of nitrogens with two attached hydrogens (primary N) is 1. The monoisotopic (exact) mass is 208 g/mol. The summed E-state index contributed by atoms with van der Waals surface area (Å²) in [7, 11) is 0. The van der Waals surface area contributed by atoms with Gasteiger partial charge >= 0.3 is 0 Å². The molecule has 0 radical (unpaired) electrons. The number of hydrogen-bond donors (Lipinski definition) is 1. The Bertz CT molecular complexity index is 287. The molecule has 3 heteroatoms. The molecule has 2 saturated carbocycles. The zero-order valence-corrected chi connectivity index (χ0v) is 9.24. The normalized spacial score (nSPS) is 39.5. The van der Waals surface area contributed by atoms with E-state index in [1.54, 1.807) is 0 Å². The zero-order valence-electron chi connectivity index (χ0n) is 9.24. The molecule has 1 heterocycles. The van der Waals surface area contributed by atoms with Crippen molar-refractivity contribution in [1.29, 1.82) is 0 Å². The van der Waals surface area contributed by atoms with E-state index in [2.05, 4.69) is 4.90 Å². The van der Waals surface area contributed by atoms with Crippen molar-refractivity contribution in [3.05, 3.63) is 0 Å². The first-order chi connectivity index (χ1) is 7.27. The number of carbonyl (C=O) groups is 1. The van der Waals surface area contributed by atoms with Gasteiger partial charge in [0.25, 0.3) is 0 Å². The second kappa shape index (κ2) is 3.21. The van der Waals surface area contributed by atoms with Crippen molar-refractivity contribution in [1.82, 2.24) is 4.90 Å². The molecule has 1 aliphatic heterocycles. The Hall–Kier alpha value is -0.570. The predicted molar refractivity (Wildman–Crippen MR) is 58.2 cm³/mol. The van der Waals surface area contributed by atoms with Gasteiger partial charge in [0.2, 0.25) is 5.91 Å².